The fourth-order valence-electron chi connectivity index (χ4n) is 3.72. The van der Waals surface area contributed by atoms with Gasteiger partial charge < -0.3 is 13.9 Å². The summed E-state index contributed by atoms with van der Waals surface area (Å²) in [6.45, 7) is 0. The molecule has 0 radical (unpaired) electrons. The minimum Gasteiger partial charge on any atom is -0.493 e. The monoisotopic (exact) mass is 484 g/mol. The molecule has 1 amide bonds. The number of fused-ring (bicyclic) bond motifs is 1. The molecule has 3 aromatic carbocycles. The Bertz CT molecular complexity index is 1610. The molecule has 0 saturated heterocycles. The van der Waals surface area contributed by atoms with E-state index in [2.05, 4.69) is 10.3 Å². The maximum Gasteiger partial charge on any atom is 0.344 e. The molecule has 0 saturated carbocycles. The van der Waals surface area contributed by atoms with Crippen molar-refractivity contribution >= 4 is 33.3 Å². The normalized spacial score (nSPS) is 10.8. The van der Waals surface area contributed by atoms with E-state index < -0.39 is 5.63 Å². The first-order valence-corrected chi connectivity index (χ1v) is 11.6. The number of amides is 1. The molecular weight excluding hydrogens is 464 g/mol. The van der Waals surface area contributed by atoms with Crippen LogP contribution in [0, 0.1) is 0 Å². The number of para-hydroxylation sites is 1. The van der Waals surface area contributed by atoms with Crippen LogP contribution in [0.4, 0.5) is 5.13 Å². The minimum absolute atomic E-state index is 0.328. The molecule has 7 nitrogen and oxygen atoms in total. The predicted octanol–water partition coefficient (Wildman–Crippen LogP) is 5.85. The number of nitrogens with one attached hydrogen (secondary N) is 1. The number of aromatic nitrogens is 1. The van der Waals surface area contributed by atoms with Crippen LogP contribution >= 0.6 is 11.3 Å². The van der Waals surface area contributed by atoms with Gasteiger partial charge in [0.2, 0.25) is 0 Å². The lowest BCUT2D eigenvalue weighted by molar-refractivity contribution is 0.102. The minimum atomic E-state index is -0.458. The number of thiazole rings is 1. The van der Waals surface area contributed by atoms with Crippen molar-refractivity contribution < 1.29 is 18.7 Å². The van der Waals surface area contributed by atoms with Crippen LogP contribution in [0.15, 0.2) is 87.4 Å². The Morgan fingerprint density at radius 2 is 1.74 bits per heavy atom. The molecule has 2 heterocycles. The fourth-order valence-corrected chi connectivity index (χ4v) is 4.43. The fraction of sp³-hybridized carbons (Fsp3) is 0.0741. The lowest BCUT2D eigenvalue weighted by atomic mass is 10.0. The number of rotatable bonds is 6. The second-order valence-electron chi connectivity index (χ2n) is 7.63. The Morgan fingerprint density at radius 3 is 2.57 bits per heavy atom. The number of nitrogens with zero attached hydrogens (tertiary/aromatic N) is 1. The number of carbonyl (C=O) groups is 1. The first-order valence-electron chi connectivity index (χ1n) is 10.7. The summed E-state index contributed by atoms with van der Waals surface area (Å²) in [5, 5.41) is 5.95. The molecule has 5 aromatic rings. The largest absolute Gasteiger partial charge is 0.493 e. The standard InChI is InChI=1S/C27H20N2O5S/c1-32-23-11-10-17(14-24(23)33-2)21-15-35-27(28-21)29-25(30)19-8-5-7-16(12-19)20-13-18-6-3-4-9-22(18)34-26(20)31/h3-15H,1-2H3,(H,28,29,30). The Hall–Kier alpha value is -4.43. The summed E-state index contributed by atoms with van der Waals surface area (Å²) in [4.78, 5) is 30.0. The van der Waals surface area contributed by atoms with E-state index in [4.69, 9.17) is 13.9 Å². The van der Waals surface area contributed by atoms with Gasteiger partial charge in [0.25, 0.3) is 5.91 Å². The maximum atomic E-state index is 12.9. The Labute approximate surface area is 204 Å². The molecule has 8 heteroatoms. The van der Waals surface area contributed by atoms with Gasteiger partial charge in [-0.3, -0.25) is 10.1 Å². The van der Waals surface area contributed by atoms with Crippen LogP contribution in [0.3, 0.4) is 0 Å². The molecule has 0 unspecified atom stereocenters. The molecule has 5 rings (SSSR count). The number of anilines is 1. The highest BCUT2D eigenvalue weighted by Gasteiger charge is 2.14. The number of ether oxygens (including phenoxy) is 2. The third-order valence-electron chi connectivity index (χ3n) is 5.48. The first kappa shape index (κ1) is 22.4. The van der Waals surface area contributed by atoms with E-state index in [0.29, 0.717) is 44.6 Å². The summed E-state index contributed by atoms with van der Waals surface area (Å²) in [6, 6.07) is 21.4. The highest BCUT2D eigenvalue weighted by molar-refractivity contribution is 7.14. The van der Waals surface area contributed by atoms with Gasteiger partial charge in [-0.15, -0.1) is 11.3 Å². The number of methoxy groups -OCH3 is 2. The first-order chi connectivity index (χ1) is 17.1. The average Bonchev–Trinajstić information content (AvgIpc) is 3.36. The van der Waals surface area contributed by atoms with Crippen molar-refractivity contribution in [2.45, 2.75) is 0 Å². The van der Waals surface area contributed by atoms with Gasteiger partial charge in [-0.05, 0) is 48.0 Å². The predicted molar refractivity (Wildman–Crippen MR) is 137 cm³/mol. The quantitative estimate of drug-likeness (QED) is 0.304. The van der Waals surface area contributed by atoms with Crippen molar-refractivity contribution in [3.8, 4) is 33.9 Å². The second kappa shape index (κ2) is 9.44. The average molecular weight is 485 g/mol. The van der Waals surface area contributed by atoms with Crippen molar-refractivity contribution in [3.63, 3.8) is 0 Å². The van der Waals surface area contributed by atoms with Crippen molar-refractivity contribution in [2.24, 2.45) is 0 Å². The zero-order valence-corrected chi connectivity index (χ0v) is 19.7. The highest BCUT2D eigenvalue weighted by atomic mass is 32.1. The summed E-state index contributed by atoms with van der Waals surface area (Å²) >= 11 is 1.32. The van der Waals surface area contributed by atoms with Crippen LogP contribution in [0.2, 0.25) is 0 Å². The Balaban J connectivity index is 1.38. The molecule has 174 valence electrons. The molecule has 1 N–H and O–H groups in total. The Kier molecular flexibility index (Phi) is 6.03. The van der Waals surface area contributed by atoms with Gasteiger partial charge >= 0.3 is 5.63 Å². The molecular formula is C27H20N2O5S. The lowest BCUT2D eigenvalue weighted by Gasteiger charge is -2.08. The summed E-state index contributed by atoms with van der Waals surface area (Å²) in [5.41, 5.74) is 2.99. The van der Waals surface area contributed by atoms with Gasteiger partial charge in [-0.25, -0.2) is 9.78 Å². The van der Waals surface area contributed by atoms with Gasteiger partial charge in [0, 0.05) is 21.9 Å². The molecule has 2 aromatic heterocycles. The van der Waals surface area contributed by atoms with E-state index in [0.717, 1.165) is 10.9 Å². The van der Waals surface area contributed by atoms with Gasteiger partial charge in [-0.1, -0.05) is 30.3 Å². The van der Waals surface area contributed by atoms with E-state index in [9.17, 15) is 9.59 Å². The van der Waals surface area contributed by atoms with Crippen molar-refractivity contribution in [3.05, 3.63) is 94.2 Å². The molecule has 0 bridgehead atoms. The summed E-state index contributed by atoms with van der Waals surface area (Å²) < 4.78 is 16.1. The molecule has 0 aliphatic carbocycles. The van der Waals surface area contributed by atoms with Gasteiger partial charge in [0.1, 0.15) is 5.58 Å². The van der Waals surface area contributed by atoms with Gasteiger partial charge in [0.05, 0.1) is 25.5 Å². The molecule has 0 atom stereocenters. The van der Waals surface area contributed by atoms with Crippen molar-refractivity contribution in [2.75, 3.05) is 19.5 Å². The zero-order valence-electron chi connectivity index (χ0n) is 18.9. The molecule has 0 spiro atoms. The summed E-state index contributed by atoms with van der Waals surface area (Å²) in [6.07, 6.45) is 0. The molecule has 0 fully saturated rings. The van der Waals surface area contributed by atoms with Crippen LogP contribution in [0.25, 0.3) is 33.4 Å². The van der Waals surface area contributed by atoms with Crippen LogP contribution in [0.5, 0.6) is 11.5 Å². The van der Waals surface area contributed by atoms with Gasteiger partial charge in [0.15, 0.2) is 16.6 Å². The highest BCUT2D eigenvalue weighted by Crippen LogP contribution is 2.33. The van der Waals surface area contributed by atoms with Crippen LogP contribution in [0.1, 0.15) is 10.4 Å². The van der Waals surface area contributed by atoms with E-state index in [1.165, 1.54) is 11.3 Å². The van der Waals surface area contributed by atoms with E-state index >= 15 is 0 Å². The zero-order chi connectivity index (χ0) is 24.4. The van der Waals surface area contributed by atoms with Crippen LogP contribution in [-0.2, 0) is 0 Å². The van der Waals surface area contributed by atoms with E-state index in [1.807, 2.05) is 35.7 Å². The summed E-state index contributed by atoms with van der Waals surface area (Å²) in [7, 11) is 3.15. The Morgan fingerprint density at radius 1 is 0.914 bits per heavy atom. The topological polar surface area (TPSA) is 90.7 Å². The van der Waals surface area contributed by atoms with Crippen LogP contribution < -0.4 is 20.4 Å². The number of hydrogen-bond acceptors (Lipinski definition) is 7. The smallest absolute Gasteiger partial charge is 0.344 e. The molecule has 0 aliphatic heterocycles. The maximum absolute atomic E-state index is 12.9. The molecule has 35 heavy (non-hydrogen) atoms. The van der Waals surface area contributed by atoms with Gasteiger partial charge in [-0.2, -0.15) is 0 Å². The van der Waals surface area contributed by atoms with E-state index in [1.54, 1.807) is 56.7 Å². The number of carbonyl (C=O) groups excluding carboxylic acids is 1. The lowest BCUT2D eigenvalue weighted by Crippen LogP contribution is -2.12. The third kappa shape index (κ3) is 4.51. The SMILES string of the molecule is COc1ccc(-c2csc(NC(=O)c3cccc(-c4cc5ccccc5oc4=O)c3)n2)cc1OC. The second-order valence-corrected chi connectivity index (χ2v) is 8.49. The van der Waals surface area contributed by atoms with Crippen LogP contribution in [-0.4, -0.2) is 25.1 Å². The summed E-state index contributed by atoms with van der Waals surface area (Å²) in [5.74, 6) is 0.893. The van der Waals surface area contributed by atoms with Crippen molar-refractivity contribution in [1.82, 2.24) is 4.98 Å². The third-order valence-corrected chi connectivity index (χ3v) is 6.24. The van der Waals surface area contributed by atoms with Crippen molar-refractivity contribution in [1.29, 1.82) is 0 Å². The number of hydrogen-bond donors (Lipinski definition) is 1. The number of benzene rings is 3. The molecule has 0 aliphatic rings. The van der Waals surface area contributed by atoms with E-state index in [-0.39, 0.29) is 5.91 Å².